The van der Waals surface area contributed by atoms with Crippen LogP contribution in [0.4, 0.5) is 11.4 Å². The van der Waals surface area contributed by atoms with E-state index in [1.165, 1.54) is 13.0 Å². The lowest BCUT2D eigenvalue weighted by atomic mass is 10.2. The van der Waals surface area contributed by atoms with Crippen LogP contribution in [0.2, 0.25) is 0 Å². The Bertz CT molecular complexity index is 659. The summed E-state index contributed by atoms with van der Waals surface area (Å²) in [4.78, 5) is 21.8. The smallest absolute Gasteiger partial charge is 0.339 e. The summed E-state index contributed by atoms with van der Waals surface area (Å²) in [5.74, 6) is -0.179. The molecule has 0 saturated heterocycles. The first-order valence-corrected chi connectivity index (χ1v) is 6.40. The molecule has 1 aromatic heterocycles. The normalized spacial score (nSPS) is 10.2. The summed E-state index contributed by atoms with van der Waals surface area (Å²) in [6.07, 6.45) is 0. The lowest BCUT2D eigenvalue weighted by Gasteiger charge is -2.06. The molecule has 0 saturated carbocycles. The lowest BCUT2D eigenvalue weighted by molar-refractivity contribution is -0.114. The molecule has 1 heterocycles. The van der Waals surface area contributed by atoms with Crippen LogP contribution in [0.3, 0.4) is 0 Å². The summed E-state index contributed by atoms with van der Waals surface area (Å²) in [6.45, 7) is 3.45. The molecule has 0 bridgehead atoms. The quantitative estimate of drug-likeness (QED) is 0.787. The first kappa shape index (κ1) is 14.6. The average molecular weight is 288 g/mol. The highest BCUT2D eigenvalue weighted by atomic mass is 16.4. The van der Waals surface area contributed by atoms with Crippen LogP contribution in [0.25, 0.3) is 0 Å². The Balaban J connectivity index is 1.98. The van der Waals surface area contributed by atoms with E-state index in [1.54, 1.807) is 19.1 Å². The number of carboxylic acids is 1. The average Bonchev–Trinajstić information content (AvgIpc) is 2.79. The van der Waals surface area contributed by atoms with Crippen LogP contribution in [0, 0.1) is 6.92 Å². The predicted molar refractivity (Wildman–Crippen MR) is 78.5 cm³/mol. The van der Waals surface area contributed by atoms with Gasteiger partial charge in [-0.1, -0.05) is 0 Å². The molecule has 0 aliphatic rings. The Morgan fingerprint density at radius 3 is 2.33 bits per heavy atom. The Hall–Kier alpha value is -2.76. The highest BCUT2D eigenvalue weighted by Gasteiger charge is 2.13. The zero-order valence-corrected chi connectivity index (χ0v) is 11.8. The van der Waals surface area contributed by atoms with E-state index in [0.29, 0.717) is 18.1 Å². The molecule has 2 rings (SSSR count). The SMILES string of the molecule is CC(=O)Nc1ccc(NCc2cc(C(=O)O)c(C)o2)cc1. The number of carboxylic acid groups (broad SMARTS) is 1. The Labute approximate surface area is 121 Å². The van der Waals surface area contributed by atoms with Gasteiger partial charge in [0.05, 0.1) is 6.54 Å². The summed E-state index contributed by atoms with van der Waals surface area (Å²) in [5, 5.41) is 14.8. The minimum Gasteiger partial charge on any atom is -0.478 e. The van der Waals surface area contributed by atoms with Gasteiger partial charge in [-0.25, -0.2) is 4.79 Å². The number of anilines is 2. The molecule has 0 spiro atoms. The van der Waals surface area contributed by atoms with Gasteiger partial charge in [-0.2, -0.15) is 0 Å². The van der Waals surface area contributed by atoms with Gasteiger partial charge in [0.2, 0.25) is 5.91 Å². The second kappa shape index (κ2) is 6.13. The van der Waals surface area contributed by atoms with Crippen molar-refractivity contribution in [2.75, 3.05) is 10.6 Å². The number of aryl methyl sites for hydroxylation is 1. The summed E-state index contributed by atoms with van der Waals surface area (Å²) in [6, 6.07) is 8.70. The monoisotopic (exact) mass is 288 g/mol. The third-order valence-electron chi connectivity index (χ3n) is 2.87. The maximum atomic E-state index is 10.9. The number of carbonyl (C=O) groups excluding carboxylic acids is 1. The minimum absolute atomic E-state index is 0.122. The largest absolute Gasteiger partial charge is 0.478 e. The summed E-state index contributed by atoms with van der Waals surface area (Å²) in [5.41, 5.74) is 1.73. The van der Waals surface area contributed by atoms with E-state index >= 15 is 0 Å². The molecule has 110 valence electrons. The van der Waals surface area contributed by atoms with Crippen LogP contribution in [0.5, 0.6) is 0 Å². The van der Waals surface area contributed by atoms with Gasteiger partial charge in [0, 0.05) is 18.3 Å². The Kier molecular flexibility index (Phi) is 4.27. The van der Waals surface area contributed by atoms with Gasteiger partial charge in [0.1, 0.15) is 17.1 Å². The van der Waals surface area contributed by atoms with Crippen molar-refractivity contribution >= 4 is 23.3 Å². The van der Waals surface area contributed by atoms with Crippen molar-refractivity contribution < 1.29 is 19.1 Å². The molecule has 3 N–H and O–H groups in total. The Morgan fingerprint density at radius 2 is 1.81 bits per heavy atom. The van der Waals surface area contributed by atoms with Crippen LogP contribution < -0.4 is 10.6 Å². The first-order chi connectivity index (χ1) is 9.95. The van der Waals surface area contributed by atoms with Crippen LogP contribution in [-0.2, 0) is 11.3 Å². The van der Waals surface area contributed by atoms with Crippen LogP contribution in [0.15, 0.2) is 34.7 Å². The fourth-order valence-electron chi connectivity index (χ4n) is 1.91. The van der Waals surface area contributed by atoms with Gasteiger partial charge in [-0.05, 0) is 37.3 Å². The molecular formula is C15H16N2O4. The topological polar surface area (TPSA) is 91.6 Å². The van der Waals surface area contributed by atoms with Crippen LogP contribution >= 0.6 is 0 Å². The molecule has 0 atom stereocenters. The fourth-order valence-corrected chi connectivity index (χ4v) is 1.91. The molecule has 0 aliphatic heterocycles. The van der Waals surface area contributed by atoms with E-state index in [1.807, 2.05) is 12.1 Å². The fraction of sp³-hybridized carbons (Fsp3) is 0.200. The number of nitrogens with one attached hydrogen (secondary N) is 2. The molecule has 2 aromatic rings. The standard InChI is InChI=1S/C15H16N2O4/c1-9-14(15(19)20)7-13(21-9)8-16-11-3-5-12(6-4-11)17-10(2)18/h3-7,16H,8H2,1-2H3,(H,17,18)(H,19,20). The van der Waals surface area contributed by atoms with E-state index < -0.39 is 5.97 Å². The van der Waals surface area contributed by atoms with Crippen molar-refractivity contribution in [2.45, 2.75) is 20.4 Å². The molecule has 0 fully saturated rings. The minimum atomic E-state index is -0.998. The summed E-state index contributed by atoms with van der Waals surface area (Å²) >= 11 is 0. The number of amides is 1. The maximum absolute atomic E-state index is 10.9. The first-order valence-electron chi connectivity index (χ1n) is 6.40. The van der Waals surface area contributed by atoms with E-state index in [4.69, 9.17) is 9.52 Å². The number of benzene rings is 1. The van der Waals surface area contributed by atoms with Crippen molar-refractivity contribution in [3.05, 3.63) is 47.4 Å². The molecule has 0 radical (unpaired) electrons. The predicted octanol–water partition coefficient (Wildman–Crippen LogP) is 2.86. The zero-order valence-electron chi connectivity index (χ0n) is 11.8. The third kappa shape index (κ3) is 3.85. The van der Waals surface area contributed by atoms with Gasteiger partial charge >= 0.3 is 5.97 Å². The van der Waals surface area contributed by atoms with Crippen molar-refractivity contribution in [1.82, 2.24) is 0 Å². The molecule has 1 amide bonds. The van der Waals surface area contributed by atoms with E-state index in [9.17, 15) is 9.59 Å². The second-order valence-corrected chi connectivity index (χ2v) is 4.60. The van der Waals surface area contributed by atoms with Gasteiger partial charge in [0.15, 0.2) is 0 Å². The summed E-state index contributed by atoms with van der Waals surface area (Å²) in [7, 11) is 0. The van der Waals surface area contributed by atoms with Crippen molar-refractivity contribution in [3.8, 4) is 0 Å². The lowest BCUT2D eigenvalue weighted by Crippen LogP contribution is -2.05. The maximum Gasteiger partial charge on any atom is 0.339 e. The number of carbonyl (C=O) groups is 2. The van der Waals surface area contributed by atoms with Gasteiger partial charge in [0.25, 0.3) is 0 Å². The molecular weight excluding hydrogens is 272 g/mol. The summed E-state index contributed by atoms with van der Waals surface area (Å²) < 4.78 is 5.37. The van der Waals surface area contributed by atoms with E-state index in [2.05, 4.69) is 10.6 Å². The molecule has 6 heteroatoms. The third-order valence-corrected chi connectivity index (χ3v) is 2.87. The molecule has 1 aromatic carbocycles. The van der Waals surface area contributed by atoms with Crippen molar-refractivity contribution in [2.24, 2.45) is 0 Å². The van der Waals surface area contributed by atoms with Gasteiger partial charge < -0.3 is 20.2 Å². The van der Waals surface area contributed by atoms with Crippen molar-refractivity contribution in [3.63, 3.8) is 0 Å². The van der Waals surface area contributed by atoms with Gasteiger partial charge in [-0.3, -0.25) is 4.79 Å². The molecule has 0 unspecified atom stereocenters. The zero-order chi connectivity index (χ0) is 15.4. The Morgan fingerprint density at radius 1 is 1.19 bits per heavy atom. The number of hydrogen-bond donors (Lipinski definition) is 3. The van der Waals surface area contributed by atoms with Crippen molar-refractivity contribution in [1.29, 1.82) is 0 Å². The second-order valence-electron chi connectivity index (χ2n) is 4.60. The molecule has 6 nitrogen and oxygen atoms in total. The number of rotatable bonds is 5. The highest BCUT2D eigenvalue weighted by molar-refractivity contribution is 5.89. The number of furan rings is 1. The highest BCUT2D eigenvalue weighted by Crippen LogP contribution is 2.18. The van der Waals surface area contributed by atoms with Crippen LogP contribution in [-0.4, -0.2) is 17.0 Å². The van der Waals surface area contributed by atoms with E-state index in [-0.39, 0.29) is 11.5 Å². The van der Waals surface area contributed by atoms with Crippen LogP contribution in [0.1, 0.15) is 28.8 Å². The number of aromatic carboxylic acids is 1. The van der Waals surface area contributed by atoms with E-state index in [0.717, 1.165) is 11.4 Å². The molecule has 21 heavy (non-hydrogen) atoms. The molecule has 0 aliphatic carbocycles. The number of hydrogen-bond acceptors (Lipinski definition) is 4. The van der Waals surface area contributed by atoms with Gasteiger partial charge in [-0.15, -0.1) is 0 Å².